The van der Waals surface area contributed by atoms with Crippen molar-refractivity contribution in [3.63, 3.8) is 0 Å². The first-order valence-electron chi connectivity index (χ1n) is 7.06. The highest BCUT2D eigenvalue weighted by atomic mass is 16.6. The highest BCUT2D eigenvalue weighted by Crippen LogP contribution is 2.27. The van der Waals surface area contributed by atoms with Gasteiger partial charge in [-0.15, -0.1) is 0 Å². The van der Waals surface area contributed by atoms with Crippen LogP contribution in [0.3, 0.4) is 0 Å². The van der Waals surface area contributed by atoms with Gasteiger partial charge in [-0.25, -0.2) is 9.59 Å². The van der Waals surface area contributed by atoms with Gasteiger partial charge in [0.15, 0.2) is 0 Å². The molecule has 0 aliphatic heterocycles. The van der Waals surface area contributed by atoms with E-state index in [4.69, 9.17) is 9.84 Å². The van der Waals surface area contributed by atoms with Gasteiger partial charge in [-0.3, -0.25) is 0 Å². The van der Waals surface area contributed by atoms with Crippen LogP contribution in [0.25, 0.3) is 0 Å². The molecule has 0 aromatic heterocycles. The number of carbonyl (C=O) groups is 2. The number of nitrogens with one attached hydrogen (secondary N) is 1. The number of carboxylic acid groups (broad SMARTS) is 1. The summed E-state index contributed by atoms with van der Waals surface area (Å²) in [6.45, 7) is 6.01. The van der Waals surface area contributed by atoms with Gasteiger partial charge in [-0.1, -0.05) is 6.07 Å². The van der Waals surface area contributed by atoms with Crippen molar-refractivity contribution < 1.29 is 19.4 Å². The quantitative estimate of drug-likeness (QED) is 0.897. The van der Waals surface area contributed by atoms with E-state index in [1.807, 2.05) is 26.8 Å². The molecule has 0 spiro atoms. The molecule has 2 N–H and O–H groups in total. The monoisotopic (exact) mass is 291 g/mol. The van der Waals surface area contributed by atoms with Gasteiger partial charge in [0.05, 0.1) is 5.56 Å². The Balaban J connectivity index is 1.89. The third-order valence-corrected chi connectivity index (χ3v) is 3.40. The van der Waals surface area contributed by atoms with Crippen LogP contribution >= 0.6 is 0 Å². The highest BCUT2D eigenvalue weighted by Gasteiger charge is 2.24. The maximum Gasteiger partial charge on any atom is 0.407 e. The van der Waals surface area contributed by atoms with Gasteiger partial charge >= 0.3 is 12.1 Å². The Bertz CT molecular complexity index is 560. The predicted molar refractivity (Wildman–Crippen MR) is 78.5 cm³/mol. The molecule has 1 aromatic rings. The molecule has 0 fully saturated rings. The number of alkyl carbamates (subject to hydrolysis) is 1. The fourth-order valence-corrected chi connectivity index (χ4v) is 2.53. The summed E-state index contributed by atoms with van der Waals surface area (Å²) in [5, 5.41) is 11.8. The van der Waals surface area contributed by atoms with Gasteiger partial charge in [0, 0.05) is 6.54 Å². The first kappa shape index (κ1) is 15.4. The topological polar surface area (TPSA) is 75.6 Å². The van der Waals surface area contributed by atoms with Crippen LogP contribution in [0.15, 0.2) is 18.2 Å². The zero-order valence-electron chi connectivity index (χ0n) is 12.6. The van der Waals surface area contributed by atoms with Crippen molar-refractivity contribution in [3.05, 3.63) is 34.9 Å². The van der Waals surface area contributed by atoms with Crippen LogP contribution in [0.4, 0.5) is 4.79 Å². The minimum atomic E-state index is -0.909. The third kappa shape index (κ3) is 4.21. The van der Waals surface area contributed by atoms with Crippen molar-refractivity contribution in [2.45, 2.75) is 39.2 Å². The Morgan fingerprint density at radius 1 is 1.29 bits per heavy atom. The summed E-state index contributed by atoms with van der Waals surface area (Å²) < 4.78 is 5.20. The van der Waals surface area contributed by atoms with E-state index >= 15 is 0 Å². The number of aromatic carboxylic acids is 1. The molecule has 5 nitrogen and oxygen atoms in total. The van der Waals surface area contributed by atoms with Crippen molar-refractivity contribution in [2.75, 3.05) is 6.54 Å². The highest BCUT2D eigenvalue weighted by molar-refractivity contribution is 5.88. The van der Waals surface area contributed by atoms with Crippen molar-refractivity contribution in [2.24, 2.45) is 5.92 Å². The fraction of sp³-hybridized carbons (Fsp3) is 0.500. The van der Waals surface area contributed by atoms with Crippen LogP contribution in [0.5, 0.6) is 0 Å². The minimum Gasteiger partial charge on any atom is -0.478 e. The Morgan fingerprint density at radius 3 is 2.57 bits per heavy atom. The molecule has 0 heterocycles. The molecule has 114 valence electrons. The lowest BCUT2D eigenvalue weighted by atomic mass is 10.1. The molecular weight excluding hydrogens is 270 g/mol. The number of ether oxygens (including phenoxy) is 1. The number of rotatable bonds is 3. The molecule has 0 saturated carbocycles. The lowest BCUT2D eigenvalue weighted by Gasteiger charge is -2.20. The van der Waals surface area contributed by atoms with Crippen LogP contribution in [0, 0.1) is 5.92 Å². The van der Waals surface area contributed by atoms with Gasteiger partial charge in [-0.05, 0) is 62.8 Å². The number of fused-ring (bicyclic) bond motifs is 1. The summed E-state index contributed by atoms with van der Waals surface area (Å²) in [5.41, 5.74) is 2.04. The fourth-order valence-electron chi connectivity index (χ4n) is 2.53. The van der Waals surface area contributed by atoms with Crippen LogP contribution in [0.1, 0.15) is 42.3 Å². The third-order valence-electron chi connectivity index (χ3n) is 3.40. The van der Waals surface area contributed by atoms with Crippen molar-refractivity contribution >= 4 is 12.1 Å². The van der Waals surface area contributed by atoms with Crippen LogP contribution in [-0.4, -0.2) is 29.3 Å². The van der Waals surface area contributed by atoms with E-state index in [0.717, 1.165) is 24.0 Å². The SMILES string of the molecule is CC(C)(C)OC(=O)NCC1Cc2ccc(C(=O)O)cc2C1. The molecule has 0 bridgehead atoms. The van der Waals surface area contributed by atoms with Crippen LogP contribution in [0.2, 0.25) is 0 Å². The largest absolute Gasteiger partial charge is 0.478 e. The van der Waals surface area contributed by atoms with E-state index in [2.05, 4.69) is 5.32 Å². The Hall–Kier alpha value is -2.04. The Morgan fingerprint density at radius 2 is 1.95 bits per heavy atom. The van der Waals surface area contributed by atoms with Crippen LogP contribution in [-0.2, 0) is 17.6 Å². The number of hydrogen-bond donors (Lipinski definition) is 2. The molecule has 1 aliphatic carbocycles. The first-order valence-corrected chi connectivity index (χ1v) is 7.06. The number of benzene rings is 1. The van der Waals surface area contributed by atoms with Gasteiger partial charge in [-0.2, -0.15) is 0 Å². The van der Waals surface area contributed by atoms with E-state index in [1.165, 1.54) is 0 Å². The molecule has 21 heavy (non-hydrogen) atoms. The maximum atomic E-state index is 11.6. The normalized spacial score (nSPS) is 17.2. The minimum absolute atomic E-state index is 0.288. The predicted octanol–water partition coefficient (Wildman–Crippen LogP) is 2.62. The van der Waals surface area contributed by atoms with E-state index in [9.17, 15) is 9.59 Å². The molecule has 2 rings (SSSR count). The summed E-state index contributed by atoms with van der Waals surface area (Å²) in [5.74, 6) is -0.621. The zero-order valence-corrected chi connectivity index (χ0v) is 12.6. The van der Waals surface area contributed by atoms with E-state index < -0.39 is 17.7 Å². The molecular formula is C16H21NO4. The Labute approximate surface area is 124 Å². The second-order valence-electron chi connectivity index (χ2n) is 6.45. The van der Waals surface area contributed by atoms with Gasteiger partial charge < -0.3 is 15.2 Å². The van der Waals surface area contributed by atoms with E-state index in [1.54, 1.807) is 12.1 Å². The number of amides is 1. The lowest BCUT2D eigenvalue weighted by molar-refractivity contribution is 0.0519. The average molecular weight is 291 g/mol. The van der Waals surface area contributed by atoms with Gasteiger partial charge in [0.2, 0.25) is 0 Å². The number of carboxylic acids is 1. The summed E-state index contributed by atoms with van der Waals surface area (Å²) >= 11 is 0. The first-order chi connectivity index (χ1) is 9.74. The second kappa shape index (κ2) is 5.76. The molecule has 1 amide bonds. The smallest absolute Gasteiger partial charge is 0.407 e. The summed E-state index contributed by atoms with van der Waals surface area (Å²) in [4.78, 5) is 22.6. The standard InChI is InChI=1S/C16H21NO4/c1-16(2,3)21-15(20)17-9-10-6-11-4-5-12(14(18)19)8-13(11)7-10/h4-5,8,10H,6-7,9H2,1-3H3,(H,17,20)(H,18,19). The number of hydrogen-bond acceptors (Lipinski definition) is 3. The maximum absolute atomic E-state index is 11.6. The molecule has 1 unspecified atom stereocenters. The lowest BCUT2D eigenvalue weighted by Crippen LogP contribution is -2.35. The number of carbonyl (C=O) groups excluding carboxylic acids is 1. The average Bonchev–Trinajstić information content (AvgIpc) is 2.75. The van der Waals surface area contributed by atoms with Gasteiger partial charge in [0.25, 0.3) is 0 Å². The zero-order chi connectivity index (χ0) is 15.6. The van der Waals surface area contributed by atoms with Gasteiger partial charge in [0.1, 0.15) is 5.60 Å². The van der Waals surface area contributed by atoms with Crippen LogP contribution < -0.4 is 5.32 Å². The van der Waals surface area contributed by atoms with Crippen molar-refractivity contribution in [1.82, 2.24) is 5.32 Å². The second-order valence-corrected chi connectivity index (χ2v) is 6.45. The molecule has 0 radical (unpaired) electrons. The molecule has 1 aromatic carbocycles. The summed E-state index contributed by atoms with van der Waals surface area (Å²) in [6.07, 6.45) is 1.22. The van der Waals surface area contributed by atoms with Crippen molar-refractivity contribution in [3.8, 4) is 0 Å². The van der Waals surface area contributed by atoms with E-state index in [0.29, 0.717) is 12.1 Å². The molecule has 0 saturated heterocycles. The Kier molecular flexibility index (Phi) is 4.21. The summed E-state index contributed by atoms with van der Waals surface area (Å²) in [6, 6.07) is 5.22. The molecule has 5 heteroatoms. The molecule has 1 atom stereocenters. The summed E-state index contributed by atoms with van der Waals surface area (Å²) in [7, 11) is 0. The van der Waals surface area contributed by atoms with E-state index in [-0.39, 0.29) is 5.92 Å². The molecule has 1 aliphatic rings. The van der Waals surface area contributed by atoms with Crippen molar-refractivity contribution in [1.29, 1.82) is 0 Å².